The second-order valence-electron chi connectivity index (χ2n) is 4.02. The fraction of sp³-hybridized carbons (Fsp3) is 0.800. The zero-order valence-corrected chi connectivity index (χ0v) is 8.35. The quantitative estimate of drug-likeness (QED) is 0.445. The fourth-order valence-corrected chi connectivity index (χ4v) is 0.808. The largest absolute Gasteiger partial charge is 0.302 e. The minimum absolute atomic E-state index is 0.307. The highest BCUT2D eigenvalue weighted by Crippen LogP contribution is 2.10. The Balaban J connectivity index is 3.52. The van der Waals surface area contributed by atoms with Gasteiger partial charge in [0.15, 0.2) is 0 Å². The number of rotatable bonds is 4. The van der Waals surface area contributed by atoms with Crippen LogP contribution in [0.3, 0.4) is 0 Å². The molecule has 0 amide bonds. The monoisotopic (exact) mass is 155 g/mol. The van der Waals surface area contributed by atoms with Gasteiger partial charge < -0.3 is 4.90 Å². The Bertz CT molecular complexity index is 111. The number of nitrogens with zero attached hydrogens (tertiary/aromatic N) is 1. The van der Waals surface area contributed by atoms with E-state index in [1.165, 1.54) is 6.42 Å². The minimum atomic E-state index is 0.307. The second kappa shape index (κ2) is 4.55. The Labute approximate surface area is 71.1 Å². The van der Waals surface area contributed by atoms with E-state index in [9.17, 15) is 0 Å². The van der Waals surface area contributed by atoms with E-state index in [1.54, 1.807) is 0 Å². The van der Waals surface area contributed by atoms with Crippen molar-refractivity contribution in [1.29, 1.82) is 0 Å². The Hall–Kier alpha value is -0.300. The molecule has 0 fully saturated rings. The predicted octanol–water partition coefficient (Wildman–Crippen LogP) is 2.68. The molecule has 0 aromatic heterocycles. The van der Waals surface area contributed by atoms with E-state index in [1.807, 2.05) is 6.08 Å². The van der Waals surface area contributed by atoms with Gasteiger partial charge >= 0.3 is 0 Å². The van der Waals surface area contributed by atoms with E-state index >= 15 is 0 Å². The maximum atomic E-state index is 3.70. The lowest BCUT2D eigenvalue weighted by atomic mass is 10.1. The second-order valence-corrected chi connectivity index (χ2v) is 4.02. The maximum Gasteiger partial charge on any atom is 0.0122 e. The van der Waals surface area contributed by atoms with Gasteiger partial charge in [-0.15, -0.1) is 6.58 Å². The molecule has 0 saturated heterocycles. The van der Waals surface area contributed by atoms with Gasteiger partial charge in [0, 0.05) is 5.54 Å². The molecular weight excluding hydrogens is 134 g/mol. The molecule has 1 heteroatoms. The molecule has 0 N–H and O–H groups in total. The van der Waals surface area contributed by atoms with Gasteiger partial charge in [-0.2, -0.15) is 0 Å². The van der Waals surface area contributed by atoms with Crippen LogP contribution >= 0.6 is 0 Å². The van der Waals surface area contributed by atoms with Crippen LogP contribution in [-0.4, -0.2) is 24.0 Å². The summed E-state index contributed by atoms with van der Waals surface area (Å²) >= 11 is 0. The van der Waals surface area contributed by atoms with Crippen LogP contribution in [0.5, 0.6) is 0 Å². The van der Waals surface area contributed by atoms with Crippen LogP contribution < -0.4 is 0 Å². The molecule has 0 unspecified atom stereocenters. The minimum Gasteiger partial charge on any atom is -0.302 e. The first-order valence-electron chi connectivity index (χ1n) is 4.30. The van der Waals surface area contributed by atoms with Crippen molar-refractivity contribution >= 4 is 0 Å². The third kappa shape index (κ3) is 5.02. The van der Waals surface area contributed by atoms with Gasteiger partial charge in [-0.05, 0) is 47.2 Å². The zero-order valence-electron chi connectivity index (χ0n) is 8.35. The topological polar surface area (TPSA) is 3.24 Å². The Morgan fingerprint density at radius 3 is 2.27 bits per heavy atom. The van der Waals surface area contributed by atoms with E-state index < -0.39 is 0 Å². The molecule has 0 aromatic rings. The number of unbranched alkanes of at least 4 members (excludes halogenated alkanes) is 1. The summed E-state index contributed by atoms with van der Waals surface area (Å²) in [4.78, 5) is 2.37. The van der Waals surface area contributed by atoms with Crippen molar-refractivity contribution in [2.24, 2.45) is 0 Å². The average Bonchev–Trinajstić information content (AvgIpc) is 1.86. The summed E-state index contributed by atoms with van der Waals surface area (Å²) in [6, 6.07) is 0. The molecule has 1 nitrogen and oxygen atoms in total. The molecule has 0 radical (unpaired) electrons. The van der Waals surface area contributed by atoms with Crippen molar-refractivity contribution in [3.05, 3.63) is 12.7 Å². The average molecular weight is 155 g/mol. The van der Waals surface area contributed by atoms with Gasteiger partial charge in [-0.1, -0.05) is 6.08 Å². The SMILES string of the molecule is C=CCCCN(C)C(C)(C)C. The first-order valence-corrected chi connectivity index (χ1v) is 4.30. The molecule has 0 spiro atoms. The number of hydrogen-bond acceptors (Lipinski definition) is 1. The summed E-state index contributed by atoms with van der Waals surface area (Å²) < 4.78 is 0. The van der Waals surface area contributed by atoms with Crippen molar-refractivity contribution in [3.63, 3.8) is 0 Å². The van der Waals surface area contributed by atoms with E-state index in [-0.39, 0.29) is 0 Å². The molecule has 0 aliphatic rings. The van der Waals surface area contributed by atoms with E-state index in [2.05, 4.69) is 39.3 Å². The van der Waals surface area contributed by atoms with Gasteiger partial charge in [-0.3, -0.25) is 0 Å². The molecule has 0 aromatic carbocycles. The van der Waals surface area contributed by atoms with Crippen molar-refractivity contribution in [2.75, 3.05) is 13.6 Å². The highest BCUT2D eigenvalue weighted by Gasteiger charge is 2.15. The lowest BCUT2D eigenvalue weighted by molar-refractivity contribution is 0.174. The molecule has 0 atom stereocenters. The Kier molecular flexibility index (Phi) is 4.43. The van der Waals surface area contributed by atoms with E-state index in [0.29, 0.717) is 5.54 Å². The molecule has 66 valence electrons. The van der Waals surface area contributed by atoms with Crippen molar-refractivity contribution < 1.29 is 0 Å². The molecule has 0 rings (SSSR count). The van der Waals surface area contributed by atoms with Crippen LogP contribution in [0, 0.1) is 0 Å². The lowest BCUT2D eigenvalue weighted by Gasteiger charge is -2.31. The molecule has 0 saturated carbocycles. The maximum absolute atomic E-state index is 3.70. The third-order valence-corrected chi connectivity index (χ3v) is 2.05. The van der Waals surface area contributed by atoms with Gasteiger partial charge in [0.25, 0.3) is 0 Å². The van der Waals surface area contributed by atoms with E-state index in [4.69, 9.17) is 0 Å². The number of hydrogen-bond donors (Lipinski definition) is 0. The molecule has 0 heterocycles. The van der Waals surface area contributed by atoms with Crippen LogP contribution in [0.15, 0.2) is 12.7 Å². The molecule has 0 aliphatic heterocycles. The molecule has 11 heavy (non-hydrogen) atoms. The first-order chi connectivity index (χ1) is 4.98. The standard InChI is InChI=1S/C10H21N/c1-6-7-8-9-11(5)10(2,3)4/h6H,1,7-9H2,2-5H3. The normalized spacial score (nSPS) is 12.1. The highest BCUT2D eigenvalue weighted by molar-refractivity contribution is 4.74. The van der Waals surface area contributed by atoms with Crippen LogP contribution in [0.2, 0.25) is 0 Å². The summed E-state index contributed by atoms with van der Waals surface area (Å²) in [6.07, 6.45) is 4.33. The smallest absolute Gasteiger partial charge is 0.0122 e. The van der Waals surface area contributed by atoms with Gasteiger partial charge in [0.2, 0.25) is 0 Å². The van der Waals surface area contributed by atoms with Gasteiger partial charge in [-0.25, -0.2) is 0 Å². The van der Waals surface area contributed by atoms with Crippen LogP contribution in [0.1, 0.15) is 33.6 Å². The fourth-order valence-electron chi connectivity index (χ4n) is 0.808. The van der Waals surface area contributed by atoms with Crippen molar-refractivity contribution in [3.8, 4) is 0 Å². The van der Waals surface area contributed by atoms with Gasteiger partial charge in [0.1, 0.15) is 0 Å². The first kappa shape index (κ1) is 10.7. The van der Waals surface area contributed by atoms with Crippen molar-refractivity contribution in [1.82, 2.24) is 4.90 Å². The van der Waals surface area contributed by atoms with Gasteiger partial charge in [0.05, 0.1) is 0 Å². The highest BCUT2D eigenvalue weighted by atomic mass is 15.1. The Morgan fingerprint density at radius 2 is 1.91 bits per heavy atom. The zero-order chi connectivity index (χ0) is 8.91. The van der Waals surface area contributed by atoms with Crippen LogP contribution in [0.4, 0.5) is 0 Å². The summed E-state index contributed by atoms with van der Waals surface area (Å²) in [5.74, 6) is 0. The predicted molar refractivity (Wildman–Crippen MR) is 51.8 cm³/mol. The summed E-state index contributed by atoms with van der Waals surface area (Å²) in [5, 5.41) is 0. The van der Waals surface area contributed by atoms with Crippen LogP contribution in [0.25, 0.3) is 0 Å². The summed E-state index contributed by atoms with van der Waals surface area (Å²) in [7, 11) is 2.17. The van der Waals surface area contributed by atoms with Crippen LogP contribution in [-0.2, 0) is 0 Å². The number of allylic oxidation sites excluding steroid dienone is 1. The molecule has 0 bridgehead atoms. The lowest BCUT2D eigenvalue weighted by Crippen LogP contribution is -2.38. The van der Waals surface area contributed by atoms with Crippen molar-refractivity contribution in [2.45, 2.75) is 39.2 Å². The molecular formula is C10H21N. The third-order valence-electron chi connectivity index (χ3n) is 2.05. The summed E-state index contributed by atoms with van der Waals surface area (Å²) in [6.45, 7) is 11.6. The Morgan fingerprint density at radius 1 is 1.36 bits per heavy atom. The molecule has 0 aliphatic carbocycles. The summed E-state index contributed by atoms with van der Waals surface area (Å²) in [5.41, 5.74) is 0.307. The van der Waals surface area contributed by atoms with E-state index in [0.717, 1.165) is 13.0 Å².